The van der Waals surface area contributed by atoms with Gasteiger partial charge in [-0.15, -0.1) is 0 Å². The molecule has 4 heterocycles. The first-order valence-electron chi connectivity index (χ1n) is 11.0. The second-order valence-corrected chi connectivity index (χ2v) is 9.66. The zero-order valence-electron chi connectivity index (χ0n) is 18.7. The van der Waals surface area contributed by atoms with Gasteiger partial charge in [-0.3, -0.25) is 23.8 Å². The summed E-state index contributed by atoms with van der Waals surface area (Å²) in [5.74, 6) is 0.768. The molecule has 0 bridgehead atoms. The van der Waals surface area contributed by atoms with Gasteiger partial charge in [0.1, 0.15) is 17.2 Å². The average molecular weight is 476 g/mol. The largest absolute Gasteiger partial charge is 0.355 e. The number of carbonyl (C=O) groups excluding carboxylic acids is 1. The first-order valence-corrected chi connectivity index (χ1v) is 12.5. The minimum Gasteiger partial charge on any atom is -0.355 e. The predicted octanol–water partition coefficient (Wildman–Crippen LogP) is -0.0364. The number of aromatic nitrogens is 2. The Bertz CT molecular complexity index is 1200. The van der Waals surface area contributed by atoms with Crippen LogP contribution in [0.15, 0.2) is 35.3 Å². The van der Waals surface area contributed by atoms with Crippen LogP contribution in [0.4, 0.5) is 11.6 Å². The molecule has 33 heavy (non-hydrogen) atoms. The molecule has 0 saturated carbocycles. The lowest BCUT2D eigenvalue weighted by atomic mass is 10.0. The third kappa shape index (κ3) is 5.02. The normalized spacial score (nSPS) is 18.4. The van der Waals surface area contributed by atoms with E-state index in [1.807, 2.05) is 12.1 Å². The molecule has 1 saturated heterocycles. The van der Waals surface area contributed by atoms with Crippen molar-refractivity contribution in [3.63, 3.8) is 0 Å². The molecule has 1 fully saturated rings. The van der Waals surface area contributed by atoms with Crippen molar-refractivity contribution in [1.29, 1.82) is 0 Å². The van der Waals surface area contributed by atoms with Crippen molar-refractivity contribution in [3.8, 4) is 0 Å². The summed E-state index contributed by atoms with van der Waals surface area (Å²) in [5.41, 5.74) is 0.879. The maximum atomic E-state index is 12.8. The fourth-order valence-electron chi connectivity index (χ4n) is 4.48. The van der Waals surface area contributed by atoms with Crippen LogP contribution in [0, 0.1) is 0 Å². The molecular formula is C21H29N7O4S. The monoisotopic (exact) mass is 475 g/mol. The van der Waals surface area contributed by atoms with Gasteiger partial charge in [-0.25, -0.2) is 4.98 Å². The van der Waals surface area contributed by atoms with Crippen LogP contribution in [0.25, 0.3) is 0 Å². The Kier molecular flexibility index (Phi) is 6.68. The van der Waals surface area contributed by atoms with E-state index in [2.05, 4.69) is 29.5 Å². The first-order chi connectivity index (χ1) is 15.8. The number of hydrogen-bond acceptors (Lipinski definition) is 7. The van der Waals surface area contributed by atoms with Gasteiger partial charge in [-0.05, 0) is 36.2 Å². The maximum Gasteiger partial charge on any atom is 0.300 e. The smallest absolute Gasteiger partial charge is 0.300 e. The molecule has 0 spiro atoms. The van der Waals surface area contributed by atoms with Crippen LogP contribution in [0.5, 0.6) is 0 Å². The molecule has 2 aliphatic rings. The number of nitrogens with one attached hydrogen (secondary N) is 3. The van der Waals surface area contributed by atoms with E-state index in [0.717, 1.165) is 37.4 Å². The zero-order valence-corrected chi connectivity index (χ0v) is 19.6. The summed E-state index contributed by atoms with van der Waals surface area (Å²) in [7, 11) is -2.11. The van der Waals surface area contributed by atoms with Crippen molar-refractivity contribution < 1.29 is 13.2 Å². The summed E-state index contributed by atoms with van der Waals surface area (Å²) in [6, 6.07) is 7.36. The molecule has 2 aromatic heterocycles. The van der Waals surface area contributed by atoms with Crippen molar-refractivity contribution in [2.24, 2.45) is 0 Å². The molecule has 178 valence electrons. The third-order valence-electron chi connectivity index (χ3n) is 5.97. The minimum absolute atomic E-state index is 0.164. The van der Waals surface area contributed by atoms with Crippen LogP contribution >= 0.6 is 0 Å². The van der Waals surface area contributed by atoms with E-state index < -0.39 is 10.2 Å². The number of nitrogens with zero attached hydrogens (tertiary/aromatic N) is 4. The van der Waals surface area contributed by atoms with Crippen LogP contribution < -0.4 is 25.2 Å². The standard InChI is InChI=1S/C21H29N7O4S/c1-3-24-33(31,32)25-18-12-15(6-8-23-18)13-26-10-11-27-16(14-26)7-9-28-19(27)5-4-17(21(28)30)20(29)22-2/h4-6,8,12,16,24H,3,7,9-11,13-14H2,1-2H3,(H,22,29)(H,23,25). The summed E-state index contributed by atoms with van der Waals surface area (Å²) < 4.78 is 30.4. The van der Waals surface area contributed by atoms with Gasteiger partial charge in [0, 0.05) is 58.6 Å². The molecule has 1 atom stereocenters. The van der Waals surface area contributed by atoms with E-state index in [0.29, 0.717) is 19.6 Å². The van der Waals surface area contributed by atoms with Crippen molar-refractivity contribution in [2.45, 2.75) is 32.5 Å². The molecule has 3 N–H and O–H groups in total. The average Bonchev–Trinajstić information content (AvgIpc) is 2.78. The van der Waals surface area contributed by atoms with Crippen LogP contribution in [-0.4, -0.2) is 68.0 Å². The number of carbonyl (C=O) groups is 1. The lowest BCUT2D eigenvalue weighted by Crippen LogP contribution is -2.56. The van der Waals surface area contributed by atoms with Crippen LogP contribution in [0.3, 0.4) is 0 Å². The second-order valence-electron chi connectivity index (χ2n) is 8.16. The van der Waals surface area contributed by atoms with Gasteiger partial charge >= 0.3 is 0 Å². The van der Waals surface area contributed by atoms with Gasteiger partial charge < -0.3 is 10.2 Å². The fourth-order valence-corrected chi connectivity index (χ4v) is 5.32. The molecule has 0 radical (unpaired) electrons. The summed E-state index contributed by atoms with van der Waals surface area (Å²) >= 11 is 0. The minimum atomic E-state index is -3.63. The quantitative estimate of drug-likeness (QED) is 0.513. The Morgan fingerprint density at radius 1 is 1.21 bits per heavy atom. The van der Waals surface area contributed by atoms with Gasteiger partial charge in [0.15, 0.2) is 0 Å². The molecule has 0 aromatic carbocycles. The second kappa shape index (κ2) is 9.49. The molecule has 1 unspecified atom stereocenters. The lowest BCUT2D eigenvalue weighted by Gasteiger charge is -2.46. The number of pyridine rings is 2. The highest BCUT2D eigenvalue weighted by Crippen LogP contribution is 2.27. The van der Waals surface area contributed by atoms with E-state index in [1.165, 1.54) is 7.05 Å². The molecule has 2 aromatic rings. The molecular weight excluding hydrogens is 446 g/mol. The Hall–Kier alpha value is -2.96. The number of amides is 1. The molecule has 1 amide bonds. The van der Waals surface area contributed by atoms with E-state index >= 15 is 0 Å². The van der Waals surface area contributed by atoms with Gasteiger partial charge in [-0.2, -0.15) is 13.1 Å². The van der Waals surface area contributed by atoms with Gasteiger partial charge in [-0.1, -0.05) is 6.92 Å². The highest BCUT2D eigenvalue weighted by Gasteiger charge is 2.33. The number of piperazine rings is 1. The van der Waals surface area contributed by atoms with Crippen molar-refractivity contribution in [2.75, 3.05) is 42.8 Å². The molecule has 0 aliphatic carbocycles. The van der Waals surface area contributed by atoms with Crippen LogP contribution in [0.1, 0.15) is 29.3 Å². The number of rotatable bonds is 7. The molecule has 11 nitrogen and oxygen atoms in total. The molecule has 4 rings (SSSR count). The van der Waals surface area contributed by atoms with Gasteiger partial charge in [0.2, 0.25) is 0 Å². The summed E-state index contributed by atoms with van der Waals surface area (Å²) in [6.45, 7) is 5.63. The highest BCUT2D eigenvalue weighted by molar-refractivity contribution is 7.90. The maximum absolute atomic E-state index is 12.8. The lowest BCUT2D eigenvalue weighted by molar-refractivity contribution is 0.0960. The number of fused-ring (bicyclic) bond motifs is 3. The van der Waals surface area contributed by atoms with E-state index in [-0.39, 0.29) is 28.9 Å². The number of anilines is 2. The van der Waals surface area contributed by atoms with Crippen LogP contribution in [0.2, 0.25) is 0 Å². The molecule has 12 heteroatoms. The zero-order chi connectivity index (χ0) is 23.6. The SMILES string of the molecule is CCNS(=O)(=O)Nc1cc(CN2CCN3c4ccc(C(=O)NC)c(=O)n4CCC3C2)ccn1. The summed E-state index contributed by atoms with van der Waals surface area (Å²) in [4.78, 5) is 33.4. The van der Waals surface area contributed by atoms with Crippen molar-refractivity contribution >= 4 is 27.8 Å². The van der Waals surface area contributed by atoms with Gasteiger partial charge in [0.25, 0.3) is 21.7 Å². The highest BCUT2D eigenvalue weighted by atomic mass is 32.2. The van der Waals surface area contributed by atoms with Crippen LogP contribution in [-0.2, 0) is 23.3 Å². The van der Waals surface area contributed by atoms with Crippen molar-refractivity contribution in [1.82, 2.24) is 24.5 Å². The van der Waals surface area contributed by atoms with E-state index in [1.54, 1.807) is 29.8 Å². The van der Waals surface area contributed by atoms with E-state index in [9.17, 15) is 18.0 Å². The molecule has 2 aliphatic heterocycles. The summed E-state index contributed by atoms with van der Waals surface area (Å²) in [6.07, 6.45) is 2.41. The fraction of sp³-hybridized carbons (Fsp3) is 0.476. The third-order valence-corrected chi connectivity index (χ3v) is 7.12. The Labute approximate surface area is 193 Å². The Balaban J connectivity index is 1.44. The first kappa shape index (κ1) is 23.2. The summed E-state index contributed by atoms with van der Waals surface area (Å²) in [5, 5.41) is 2.52. The predicted molar refractivity (Wildman–Crippen MR) is 126 cm³/mol. The van der Waals surface area contributed by atoms with E-state index in [4.69, 9.17) is 0 Å². The number of hydrogen-bond donors (Lipinski definition) is 3. The van der Waals surface area contributed by atoms with Gasteiger partial charge in [0.05, 0.1) is 0 Å². The Morgan fingerprint density at radius 3 is 2.79 bits per heavy atom. The van der Waals surface area contributed by atoms with Crippen molar-refractivity contribution in [3.05, 3.63) is 51.9 Å². The topological polar surface area (TPSA) is 129 Å². The Morgan fingerprint density at radius 2 is 2.03 bits per heavy atom.